The molecule has 1 fully saturated rings. The van der Waals surface area contributed by atoms with Crippen molar-refractivity contribution in [1.82, 2.24) is 24.6 Å². The molecule has 0 radical (unpaired) electrons. The van der Waals surface area contributed by atoms with Gasteiger partial charge in [0, 0.05) is 5.75 Å². The molecule has 2 aromatic rings. The summed E-state index contributed by atoms with van der Waals surface area (Å²) in [5.41, 5.74) is 5.58. The van der Waals surface area contributed by atoms with Crippen molar-refractivity contribution < 1.29 is 42.9 Å². The van der Waals surface area contributed by atoms with Crippen LogP contribution in [0.3, 0.4) is 0 Å². The molecule has 0 saturated carbocycles. The number of thioether (sulfide) groups is 1. The molecular weight excluding hydrogens is 615 g/mol. The van der Waals surface area contributed by atoms with Gasteiger partial charge in [-0.15, -0.1) is 11.6 Å². The molecular formula is C24H38ClN6O9PS. The molecule has 18 heteroatoms. The number of hydrogen-bond acceptors (Lipinski definition) is 14. The van der Waals surface area contributed by atoms with E-state index in [9.17, 15) is 24.4 Å². The molecule has 1 aliphatic heterocycles. The van der Waals surface area contributed by atoms with Gasteiger partial charge in [-0.05, 0) is 41.5 Å². The molecule has 0 amide bonds. The van der Waals surface area contributed by atoms with Crippen LogP contribution in [0.1, 0.15) is 47.8 Å². The second kappa shape index (κ2) is 13.8. The van der Waals surface area contributed by atoms with Crippen molar-refractivity contribution >= 4 is 59.2 Å². The van der Waals surface area contributed by atoms with Crippen LogP contribution >= 0.6 is 31.1 Å². The summed E-state index contributed by atoms with van der Waals surface area (Å²) in [7, 11) is -4.24. The maximum Gasteiger partial charge on any atom is 0.406 e. The highest BCUT2D eigenvalue weighted by atomic mass is 35.5. The normalized spacial score (nSPS) is 25.0. The van der Waals surface area contributed by atoms with Crippen molar-refractivity contribution in [3.8, 4) is 0 Å². The van der Waals surface area contributed by atoms with Crippen LogP contribution < -0.4 is 10.8 Å². The molecule has 0 bridgehead atoms. The fourth-order valence-electron chi connectivity index (χ4n) is 3.85. The van der Waals surface area contributed by atoms with Crippen molar-refractivity contribution in [3.63, 3.8) is 0 Å². The third-order valence-electron chi connectivity index (χ3n) is 6.35. The van der Waals surface area contributed by atoms with E-state index in [-0.39, 0.29) is 29.9 Å². The Morgan fingerprint density at radius 1 is 1.31 bits per heavy atom. The number of aliphatic hydroxyl groups is 2. The zero-order valence-electron chi connectivity index (χ0n) is 24.2. The lowest BCUT2D eigenvalue weighted by Crippen LogP contribution is -2.40. The van der Waals surface area contributed by atoms with Crippen molar-refractivity contribution in [2.45, 2.75) is 77.0 Å². The van der Waals surface area contributed by atoms with Gasteiger partial charge >= 0.3 is 13.7 Å². The largest absolute Gasteiger partial charge is 0.462 e. The minimum atomic E-state index is -4.24. The number of alkyl halides is 1. The van der Waals surface area contributed by atoms with E-state index >= 15 is 0 Å². The molecule has 0 aromatic carbocycles. The van der Waals surface area contributed by atoms with E-state index in [4.69, 9.17) is 35.9 Å². The summed E-state index contributed by atoms with van der Waals surface area (Å²) in [4.78, 5) is 35.6. The first-order chi connectivity index (χ1) is 19.5. The van der Waals surface area contributed by atoms with Crippen molar-refractivity contribution in [2.24, 2.45) is 5.41 Å². The standard InChI is InChI=1S/C24H38ClN6O9PS/c1-13(2)39-20(34)14(3)30-41(36,37-7-8-42-22(35)23(4,5)10-32)38-9-15-17(33)24(6,25)21(40-15)31-12-29-16-18(26)27-11-28-19(16)31/h11-15,17,21,32-33H,7-10H2,1-6H3,(H,30,36)(H2,26,27,28)/t14-,15-,17-,21-,24-,41?/m1/s1. The molecule has 1 unspecified atom stereocenters. The summed E-state index contributed by atoms with van der Waals surface area (Å²) in [5, 5.41) is 22.7. The van der Waals surface area contributed by atoms with E-state index in [0.29, 0.717) is 11.2 Å². The number of aromatic nitrogens is 4. The summed E-state index contributed by atoms with van der Waals surface area (Å²) in [6, 6.07) is -1.09. The Hall–Kier alpha value is -1.88. The molecule has 236 valence electrons. The smallest absolute Gasteiger partial charge is 0.406 e. The van der Waals surface area contributed by atoms with Crippen LogP contribution in [-0.2, 0) is 32.7 Å². The number of aliphatic hydroxyl groups excluding tert-OH is 2. The van der Waals surface area contributed by atoms with E-state index in [1.165, 1.54) is 24.1 Å². The SMILES string of the molecule is CC(C)OC(=O)[C@@H](C)NP(=O)(OCCSC(=O)C(C)(C)CO)OC[C@H]1O[C@@H](n2cnc3c(N)ncnc32)[C@](C)(Cl)[C@@H]1O. The van der Waals surface area contributed by atoms with Gasteiger partial charge < -0.3 is 25.4 Å². The van der Waals surface area contributed by atoms with Crippen molar-refractivity contribution in [3.05, 3.63) is 12.7 Å². The van der Waals surface area contributed by atoms with Gasteiger partial charge in [0.15, 0.2) is 22.8 Å². The van der Waals surface area contributed by atoms with E-state index < -0.39 is 61.2 Å². The highest BCUT2D eigenvalue weighted by molar-refractivity contribution is 8.13. The monoisotopic (exact) mass is 652 g/mol. The Morgan fingerprint density at radius 2 is 2.00 bits per heavy atom. The number of halogens is 1. The van der Waals surface area contributed by atoms with Gasteiger partial charge in [0.1, 0.15) is 35.0 Å². The fourth-order valence-corrected chi connectivity index (χ4v) is 6.56. The fraction of sp³-hybridized carbons (Fsp3) is 0.708. The molecule has 2 aromatic heterocycles. The number of anilines is 1. The number of carbonyl (C=O) groups excluding carboxylic acids is 2. The highest BCUT2D eigenvalue weighted by Gasteiger charge is 2.54. The molecule has 0 spiro atoms. The van der Waals surface area contributed by atoms with E-state index in [2.05, 4.69) is 20.0 Å². The Labute approximate surface area is 252 Å². The number of carbonyl (C=O) groups is 2. The van der Waals surface area contributed by atoms with Crippen LogP contribution in [0.5, 0.6) is 0 Å². The van der Waals surface area contributed by atoms with Gasteiger partial charge in [-0.2, -0.15) is 0 Å². The van der Waals surface area contributed by atoms with Crippen LogP contribution in [0.4, 0.5) is 5.82 Å². The molecule has 42 heavy (non-hydrogen) atoms. The summed E-state index contributed by atoms with van der Waals surface area (Å²) >= 11 is 7.63. The second-order valence-electron chi connectivity index (χ2n) is 10.8. The van der Waals surface area contributed by atoms with E-state index in [1.54, 1.807) is 34.6 Å². The molecule has 1 aliphatic rings. The maximum atomic E-state index is 13.7. The topological polar surface area (TPSA) is 210 Å². The van der Waals surface area contributed by atoms with Crippen LogP contribution in [0, 0.1) is 5.41 Å². The third kappa shape index (κ3) is 7.98. The maximum absolute atomic E-state index is 13.7. The van der Waals surface area contributed by atoms with Crippen molar-refractivity contribution in [1.29, 1.82) is 0 Å². The van der Waals surface area contributed by atoms with Gasteiger partial charge in [0.2, 0.25) is 0 Å². The Bertz CT molecular complexity index is 1310. The van der Waals surface area contributed by atoms with Crippen LogP contribution in [0.25, 0.3) is 11.2 Å². The number of imidazole rings is 1. The van der Waals surface area contributed by atoms with E-state index in [1.807, 2.05) is 0 Å². The first kappa shape index (κ1) is 34.6. The number of ether oxygens (including phenoxy) is 2. The lowest BCUT2D eigenvalue weighted by Gasteiger charge is -2.26. The summed E-state index contributed by atoms with van der Waals surface area (Å²) in [6.07, 6.45) is -1.13. The zero-order chi connectivity index (χ0) is 31.5. The quantitative estimate of drug-likeness (QED) is 0.0995. The predicted molar refractivity (Wildman–Crippen MR) is 156 cm³/mol. The zero-order valence-corrected chi connectivity index (χ0v) is 26.7. The minimum absolute atomic E-state index is 0.0885. The molecule has 3 heterocycles. The number of nitrogens with one attached hydrogen (secondary N) is 1. The molecule has 5 N–H and O–H groups in total. The van der Waals surface area contributed by atoms with Gasteiger partial charge in [-0.1, -0.05) is 11.8 Å². The number of fused-ring (bicyclic) bond motifs is 1. The molecule has 0 aliphatic carbocycles. The van der Waals surface area contributed by atoms with E-state index in [0.717, 1.165) is 11.8 Å². The van der Waals surface area contributed by atoms with Crippen molar-refractivity contribution in [2.75, 3.05) is 31.3 Å². The second-order valence-corrected chi connectivity index (χ2v) is 14.5. The number of nitrogen functional groups attached to an aromatic ring is 1. The lowest BCUT2D eigenvalue weighted by molar-refractivity contribution is -0.149. The third-order valence-corrected chi connectivity index (χ3v) is 9.66. The summed E-state index contributed by atoms with van der Waals surface area (Å²) in [5.74, 6) is -0.446. The van der Waals surface area contributed by atoms with Gasteiger partial charge in [-0.3, -0.25) is 23.2 Å². The average Bonchev–Trinajstić information content (AvgIpc) is 3.44. The van der Waals surface area contributed by atoms with Crippen LogP contribution in [0.2, 0.25) is 0 Å². The van der Waals surface area contributed by atoms with Gasteiger partial charge in [0.05, 0.1) is 37.7 Å². The number of rotatable bonds is 14. The Balaban J connectivity index is 1.74. The molecule has 3 rings (SSSR count). The summed E-state index contributed by atoms with van der Waals surface area (Å²) in [6.45, 7) is 8.52. The Morgan fingerprint density at radius 3 is 2.64 bits per heavy atom. The number of nitrogens with zero attached hydrogens (tertiary/aromatic N) is 4. The minimum Gasteiger partial charge on any atom is -0.462 e. The number of esters is 1. The number of hydrogen-bond donors (Lipinski definition) is 4. The highest BCUT2D eigenvalue weighted by Crippen LogP contribution is 2.48. The lowest BCUT2D eigenvalue weighted by atomic mass is 9.97. The molecule has 15 nitrogen and oxygen atoms in total. The average molecular weight is 653 g/mol. The molecule has 6 atom stereocenters. The van der Waals surface area contributed by atoms with Crippen LogP contribution in [-0.4, -0.2) is 95.6 Å². The first-order valence-corrected chi connectivity index (χ1v) is 16.0. The number of nitrogens with two attached hydrogens (primary N) is 1. The van der Waals surface area contributed by atoms with Gasteiger partial charge in [0.25, 0.3) is 0 Å². The summed E-state index contributed by atoms with van der Waals surface area (Å²) < 4.78 is 37.6. The molecule has 1 saturated heterocycles. The first-order valence-electron chi connectivity index (χ1n) is 13.1. The Kier molecular flexibility index (Phi) is 11.4. The predicted octanol–water partition coefficient (Wildman–Crippen LogP) is 2.01. The van der Waals surface area contributed by atoms with Gasteiger partial charge in [-0.25, -0.2) is 24.6 Å². The van der Waals surface area contributed by atoms with Crippen LogP contribution in [0.15, 0.2) is 12.7 Å².